The van der Waals surface area contributed by atoms with Crippen LogP contribution in [0.1, 0.15) is 22.3 Å². The molecule has 4 rings (SSSR count). The van der Waals surface area contributed by atoms with E-state index in [2.05, 4.69) is 21.2 Å². The molecule has 1 aliphatic heterocycles. The van der Waals surface area contributed by atoms with Crippen molar-refractivity contribution in [2.75, 3.05) is 4.90 Å². The first-order valence-electron chi connectivity index (χ1n) is 9.94. The Morgan fingerprint density at radius 3 is 2.45 bits per heavy atom. The number of anilines is 1. The van der Waals surface area contributed by atoms with Gasteiger partial charge in [-0.25, -0.2) is 9.69 Å². The Bertz CT molecular complexity index is 1340. The lowest BCUT2D eigenvalue weighted by Crippen LogP contribution is -2.54. The lowest BCUT2D eigenvalue weighted by molar-refractivity contribution is -0.122. The molecule has 33 heavy (non-hydrogen) atoms. The molecule has 5 nitrogen and oxygen atoms in total. The highest BCUT2D eigenvalue weighted by Crippen LogP contribution is 2.29. The second-order valence-corrected chi connectivity index (χ2v) is 9.21. The molecule has 0 aromatic heterocycles. The van der Waals surface area contributed by atoms with Crippen molar-refractivity contribution in [2.45, 2.75) is 13.3 Å². The van der Waals surface area contributed by atoms with Crippen molar-refractivity contribution in [1.82, 2.24) is 5.32 Å². The molecule has 3 aromatic rings. The van der Waals surface area contributed by atoms with Crippen molar-refractivity contribution < 1.29 is 14.4 Å². The number of nitrogens with zero attached hydrogens (tertiary/aromatic N) is 1. The number of nitrogens with one attached hydrogen (secondary N) is 1. The zero-order chi connectivity index (χ0) is 23.7. The van der Waals surface area contributed by atoms with Crippen LogP contribution in [0, 0.1) is 6.92 Å². The van der Waals surface area contributed by atoms with E-state index in [-0.39, 0.29) is 5.57 Å². The van der Waals surface area contributed by atoms with E-state index in [4.69, 9.17) is 23.2 Å². The number of halogens is 3. The van der Waals surface area contributed by atoms with E-state index in [1.54, 1.807) is 25.1 Å². The van der Waals surface area contributed by atoms with Crippen molar-refractivity contribution in [1.29, 1.82) is 0 Å². The van der Waals surface area contributed by atoms with Gasteiger partial charge in [0.05, 0.1) is 5.69 Å². The van der Waals surface area contributed by atoms with Gasteiger partial charge in [-0.2, -0.15) is 0 Å². The molecular formula is C25H17BrCl2N2O3. The maximum atomic E-state index is 13.2. The second kappa shape index (κ2) is 9.51. The fourth-order valence-corrected chi connectivity index (χ4v) is 4.42. The van der Waals surface area contributed by atoms with Gasteiger partial charge < -0.3 is 0 Å². The van der Waals surface area contributed by atoms with Crippen LogP contribution >= 0.6 is 39.1 Å². The Morgan fingerprint density at radius 2 is 1.73 bits per heavy atom. The quantitative estimate of drug-likeness (QED) is 0.309. The molecule has 1 fully saturated rings. The maximum absolute atomic E-state index is 13.2. The van der Waals surface area contributed by atoms with Crippen LogP contribution in [0.4, 0.5) is 10.5 Å². The van der Waals surface area contributed by atoms with Gasteiger partial charge in [0.2, 0.25) is 0 Å². The van der Waals surface area contributed by atoms with Crippen molar-refractivity contribution in [3.8, 4) is 0 Å². The summed E-state index contributed by atoms with van der Waals surface area (Å²) in [6.07, 6.45) is 2.08. The Kier molecular flexibility index (Phi) is 6.70. The van der Waals surface area contributed by atoms with Gasteiger partial charge in [-0.3, -0.25) is 14.9 Å². The zero-order valence-corrected chi connectivity index (χ0v) is 20.5. The first-order chi connectivity index (χ1) is 15.7. The van der Waals surface area contributed by atoms with Crippen molar-refractivity contribution in [3.05, 3.63) is 103 Å². The predicted molar refractivity (Wildman–Crippen MR) is 134 cm³/mol. The highest BCUT2D eigenvalue weighted by Gasteiger charge is 2.37. The van der Waals surface area contributed by atoms with Crippen LogP contribution in [0.5, 0.6) is 0 Å². The fraction of sp³-hybridized carbons (Fsp3) is 0.0800. The number of amides is 4. The average Bonchev–Trinajstić information content (AvgIpc) is 2.76. The Morgan fingerprint density at radius 1 is 0.970 bits per heavy atom. The number of benzene rings is 3. The number of urea groups is 1. The topological polar surface area (TPSA) is 66.5 Å². The molecular weight excluding hydrogens is 527 g/mol. The minimum atomic E-state index is -0.816. The van der Waals surface area contributed by atoms with Gasteiger partial charge in [-0.1, -0.05) is 75.5 Å². The summed E-state index contributed by atoms with van der Waals surface area (Å²) in [7, 11) is 0. The SMILES string of the molecule is Cc1ccc(Cl)cc1N1C(=O)NC(=O)/C(=C\c2ccc(Cc3ccccc3Cl)c(Br)c2)C1=O. The third kappa shape index (κ3) is 4.88. The van der Waals surface area contributed by atoms with Gasteiger partial charge in [0.1, 0.15) is 5.57 Å². The standard InChI is InChI=1S/C25H17BrCl2N2O3/c1-14-6-9-18(27)13-22(14)30-24(32)19(23(31)29-25(30)33)10-15-7-8-16(20(26)11-15)12-17-4-2-3-5-21(17)28/h2-11,13H,12H2,1H3,(H,29,31,33)/b19-10+. The molecule has 0 bridgehead atoms. The summed E-state index contributed by atoms with van der Waals surface area (Å²) in [5.41, 5.74) is 3.44. The number of barbiturate groups is 1. The number of carbonyl (C=O) groups excluding carboxylic acids is 3. The van der Waals surface area contributed by atoms with Gasteiger partial charge >= 0.3 is 6.03 Å². The largest absolute Gasteiger partial charge is 0.335 e. The van der Waals surface area contributed by atoms with Crippen molar-refractivity contribution in [3.63, 3.8) is 0 Å². The molecule has 0 aliphatic carbocycles. The van der Waals surface area contributed by atoms with Crippen LogP contribution in [0.2, 0.25) is 10.0 Å². The van der Waals surface area contributed by atoms with Crippen LogP contribution in [-0.4, -0.2) is 17.8 Å². The van der Waals surface area contributed by atoms with E-state index in [1.165, 1.54) is 12.1 Å². The third-order valence-corrected chi connectivity index (χ3v) is 6.58. The number of imide groups is 2. The number of hydrogen-bond acceptors (Lipinski definition) is 3. The summed E-state index contributed by atoms with van der Waals surface area (Å²) >= 11 is 15.9. The lowest BCUT2D eigenvalue weighted by Gasteiger charge is -2.27. The molecule has 1 saturated heterocycles. The number of aryl methyl sites for hydroxylation is 1. The van der Waals surface area contributed by atoms with Gasteiger partial charge in [0.25, 0.3) is 11.8 Å². The number of rotatable bonds is 4. The molecule has 0 atom stereocenters. The summed E-state index contributed by atoms with van der Waals surface area (Å²) in [6, 6.07) is 17.2. The summed E-state index contributed by atoms with van der Waals surface area (Å²) in [5.74, 6) is -1.47. The molecule has 3 aromatic carbocycles. The molecule has 1 aliphatic rings. The van der Waals surface area contributed by atoms with E-state index in [0.717, 1.165) is 20.5 Å². The second-order valence-electron chi connectivity index (χ2n) is 7.51. The van der Waals surface area contributed by atoms with E-state index in [1.807, 2.05) is 36.4 Å². The normalized spacial score (nSPS) is 15.2. The van der Waals surface area contributed by atoms with Crippen LogP contribution in [0.15, 0.2) is 70.7 Å². The molecule has 1 heterocycles. The zero-order valence-electron chi connectivity index (χ0n) is 17.4. The first-order valence-corrected chi connectivity index (χ1v) is 11.5. The molecule has 0 radical (unpaired) electrons. The molecule has 0 unspecified atom stereocenters. The molecule has 4 amide bonds. The Balaban J connectivity index is 1.66. The van der Waals surface area contributed by atoms with Crippen LogP contribution in [0.25, 0.3) is 6.08 Å². The van der Waals surface area contributed by atoms with E-state index >= 15 is 0 Å². The van der Waals surface area contributed by atoms with Crippen LogP contribution < -0.4 is 10.2 Å². The molecule has 8 heteroatoms. The number of carbonyl (C=O) groups is 3. The van der Waals surface area contributed by atoms with E-state index in [0.29, 0.717) is 33.3 Å². The monoisotopic (exact) mass is 542 g/mol. The fourth-order valence-electron chi connectivity index (χ4n) is 3.51. The van der Waals surface area contributed by atoms with Crippen LogP contribution in [-0.2, 0) is 16.0 Å². The minimum Gasteiger partial charge on any atom is -0.273 e. The van der Waals surface area contributed by atoms with Gasteiger partial charge in [0, 0.05) is 20.9 Å². The van der Waals surface area contributed by atoms with Gasteiger partial charge in [-0.05, 0) is 59.5 Å². The van der Waals surface area contributed by atoms with E-state index in [9.17, 15) is 14.4 Å². The smallest absolute Gasteiger partial charge is 0.273 e. The van der Waals surface area contributed by atoms with Gasteiger partial charge in [-0.15, -0.1) is 0 Å². The van der Waals surface area contributed by atoms with Crippen molar-refractivity contribution >= 4 is 68.7 Å². The van der Waals surface area contributed by atoms with Crippen molar-refractivity contribution in [2.24, 2.45) is 0 Å². The predicted octanol–water partition coefficient (Wildman–Crippen LogP) is 6.32. The first kappa shape index (κ1) is 23.2. The maximum Gasteiger partial charge on any atom is 0.335 e. The summed E-state index contributed by atoms with van der Waals surface area (Å²) in [4.78, 5) is 39.0. The molecule has 0 spiro atoms. The Hall–Kier alpha value is -2.93. The summed E-state index contributed by atoms with van der Waals surface area (Å²) in [5, 5.41) is 3.28. The van der Waals surface area contributed by atoms with Crippen LogP contribution in [0.3, 0.4) is 0 Å². The highest BCUT2D eigenvalue weighted by atomic mass is 79.9. The van der Waals surface area contributed by atoms with E-state index < -0.39 is 17.8 Å². The van der Waals surface area contributed by atoms with Gasteiger partial charge in [0.15, 0.2) is 0 Å². The molecule has 166 valence electrons. The minimum absolute atomic E-state index is 0.153. The Labute approximate surface area is 209 Å². The average molecular weight is 544 g/mol. The third-order valence-electron chi connectivity index (χ3n) is 5.24. The molecule has 0 saturated carbocycles. The summed E-state index contributed by atoms with van der Waals surface area (Å²) < 4.78 is 0.805. The lowest BCUT2D eigenvalue weighted by atomic mass is 10.0. The number of hydrogen-bond donors (Lipinski definition) is 1. The highest BCUT2D eigenvalue weighted by molar-refractivity contribution is 9.10. The molecule has 1 N–H and O–H groups in total. The summed E-state index contributed by atoms with van der Waals surface area (Å²) in [6.45, 7) is 1.75.